The fourth-order valence-corrected chi connectivity index (χ4v) is 7.62. The van der Waals surface area contributed by atoms with Gasteiger partial charge in [0.05, 0.1) is 24.2 Å². The summed E-state index contributed by atoms with van der Waals surface area (Å²) in [5, 5.41) is 21.1. The highest BCUT2D eigenvalue weighted by Gasteiger charge is 2.49. The van der Waals surface area contributed by atoms with E-state index in [0.29, 0.717) is 46.7 Å². The van der Waals surface area contributed by atoms with Crippen LogP contribution < -0.4 is 10.1 Å². The van der Waals surface area contributed by atoms with Gasteiger partial charge in [-0.3, -0.25) is 14.2 Å². The molecule has 2 N–H and O–H groups in total. The van der Waals surface area contributed by atoms with Gasteiger partial charge in [-0.2, -0.15) is 4.31 Å². The number of nitrogens with zero attached hydrogens (tertiary/aromatic N) is 6. The number of ether oxygens (including phenoxy) is 1. The van der Waals surface area contributed by atoms with E-state index in [1.54, 1.807) is 58.2 Å². The van der Waals surface area contributed by atoms with Crippen molar-refractivity contribution >= 4 is 21.6 Å². The van der Waals surface area contributed by atoms with Crippen molar-refractivity contribution < 1.29 is 31.8 Å². The maximum atomic E-state index is 14.0. The number of aliphatic carboxylic acids is 1. The number of carboxylic acid groups (broad SMARTS) is 1. The van der Waals surface area contributed by atoms with Gasteiger partial charge in [0.1, 0.15) is 10.5 Å². The molecule has 15 heteroatoms. The normalized spacial score (nSPS) is 18.3. The number of alkyl halides is 2. The first kappa shape index (κ1) is 30.9. The van der Waals surface area contributed by atoms with Crippen LogP contribution in [0.3, 0.4) is 0 Å². The Morgan fingerprint density at radius 1 is 1.18 bits per heavy atom. The van der Waals surface area contributed by atoms with E-state index in [-0.39, 0.29) is 29.5 Å². The fraction of sp³-hybridized carbons (Fsp3) is 0.433. The SMILES string of the molecule is Cc1cnc2c(c1)S(=O)(=O)N(Cc1nc([C@@H](c3ccn4c(C(F)F)nnc4c3C)C(C)(C)C(=O)O)ccc1C)CC1(CNC1)O2. The zero-order chi connectivity index (χ0) is 32.5. The average molecular weight is 642 g/mol. The predicted molar refractivity (Wildman–Crippen MR) is 158 cm³/mol. The third-order valence-electron chi connectivity index (χ3n) is 8.76. The highest BCUT2D eigenvalue weighted by atomic mass is 32.2. The Kier molecular flexibility index (Phi) is 7.40. The highest BCUT2D eigenvalue weighted by molar-refractivity contribution is 7.89. The van der Waals surface area contributed by atoms with E-state index >= 15 is 0 Å². The van der Waals surface area contributed by atoms with Crippen molar-refractivity contribution in [2.24, 2.45) is 5.41 Å². The van der Waals surface area contributed by atoms with Gasteiger partial charge in [-0.05, 0) is 75.1 Å². The molecule has 2 aliphatic heterocycles. The summed E-state index contributed by atoms with van der Waals surface area (Å²) in [7, 11) is -4.06. The summed E-state index contributed by atoms with van der Waals surface area (Å²) >= 11 is 0. The summed E-state index contributed by atoms with van der Waals surface area (Å²) in [5.74, 6) is -2.42. The molecule has 0 aromatic carbocycles. The number of hydrogen-bond acceptors (Lipinski definition) is 9. The van der Waals surface area contributed by atoms with Crippen molar-refractivity contribution in [3.63, 3.8) is 0 Å². The predicted octanol–water partition coefficient (Wildman–Crippen LogP) is 3.55. The highest BCUT2D eigenvalue weighted by Crippen LogP contribution is 2.43. The molecule has 0 bridgehead atoms. The second kappa shape index (κ2) is 10.8. The summed E-state index contributed by atoms with van der Waals surface area (Å²) in [6, 6.07) is 6.63. The third-order valence-corrected chi connectivity index (χ3v) is 10.5. The summed E-state index contributed by atoms with van der Waals surface area (Å²) in [5.41, 5.74) is 1.16. The molecule has 1 saturated heterocycles. The first-order valence-electron chi connectivity index (χ1n) is 14.3. The maximum absolute atomic E-state index is 14.0. The quantitative estimate of drug-likeness (QED) is 0.307. The number of halogens is 2. The van der Waals surface area contributed by atoms with Crippen LogP contribution in [0.2, 0.25) is 0 Å². The number of rotatable bonds is 7. The lowest BCUT2D eigenvalue weighted by Gasteiger charge is -2.42. The van der Waals surface area contributed by atoms with Gasteiger partial charge in [-0.1, -0.05) is 6.07 Å². The van der Waals surface area contributed by atoms with Crippen LogP contribution in [0.4, 0.5) is 8.78 Å². The Bertz CT molecular complexity index is 1940. The first-order chi connectivity index (χ1) is 21.1. The van der Waals surface area contributed by atoms with Gasteiger partial charge in [0.25, 0.3) is 6.43 Å². The van der Waals surface area contributed by atoms with Crippen LogP contribution in [-0.4, -0.2) is 73.6 Å². The van der Waals surface area contributed by atoms with E-state index in [2.05, 4.69) is 20.5 Å². The number of aromatic nitrogens is 5. The van der Waals surface area contributed by atoms with Crippen LogP contribution in [-0.2, 0) is 21.4 Å². The van der Waals surface area contributed by atoms with Crippen LogP contribution >= 0.6 is 0 Å². The number of nitrogens with one attached hydrogen (secondary N) is 1. The molecule has 1 fully saturated rings. The molecule has 4 aromatic rings. The molecule has 1 atom stereocenters. The minimum Gasteiger partial charge on any atom is -0.481 e. The van der Waals surface area contributed by atoms with Gasteiger partial charge in [-0.15, -0.1) is 10.2 Å². The van der Waals surface area contributed by atoms with Gasteiger partial charge >= 0.3 is 5.97 Å². The fourth-order valence-electron chi connectivity index (χ4n) is 6.00. The Morgan fingerprint density at radius 3 is 2.56 bits per heavy atom. The molecule has 45 heavy (non-hydrogen) atoms. The molecule has 12 nitrogen and oxygen atoms in total. The zero-order valence-corrected chi connectivity index (χ0v) is 26.2. The lowest BCUT2D eigenvalue weighted by Crippen LogP contribution is -2.67. The van der Waals surface area contributed by atoms with E-state index in [4.69, 9.17) is 9.72 Å². The number of hydrogen-bond donors (Lipinski definition) is 2. The first-order valence-corrected chi connectivity index (χ1v) is 15.8. The van der Waals surface area contributed by atoms with Crippen molar-refractivity contribution in [1.29, 1.82) is 0 Å². The molecule has 6 heterocycles. The van der Waals surface area contributed by atoms with Crippen LogP contribution in [0.15, 0.2) is 41.6 Å². The molecule has 238 valence electrons. The number of carboxylic acids is 1. The molecule has 0 amide bonds. The van der Waals surface area contributed by atoms with Crippen LogP contribution in [0.25, 0.3) is 5.65 Å². The van der Waals surface area contributed by atoms with Crippen molar-refractivity contribution in [1.82, 2.24) is 34.2 Å². The van der Waals surface area contributed by atoms with Crippen molar-refractivity contribution in [3.05, 3.63) is 76.1 Å². The molecule has 0 unspecified atom stereocenters. The van der Waals surface area contributed by atoms with Gasteiger partial charge in [0.15, 0.2) is 5.65 Å². The Labute approximate surface area is 258 Å². The molecular weight excluding hydrogens is 608 g/mol. The minimum atomic E-state index is -4.06. The lowest BCUT2D eigenvalue weighted by molar-refractivity contribution is -0.147. The molecule has 1 spiro atoms. The van der Waals surface area contributed by atoms with Gasteiger partial charge in [0, 0.05) is 37.1 Å². The van der Waals surface area contributed by atoms with E-state index in [0.717, 1.165) is 0 Å². The molecule has 0 aliphatic carbocycles. The van der Waals surface area contributed by atoms with E-state index < -0.39 is 45.2 Å². The second-order valence-electron chi connectivity index (χ2n) is 12.4. The Hall–Kier alpha value is -4.08. The standard InChI is InChI=1S/C30H33F2N7O5S/c1-16-10-22-27(34-11-16)44-30(13-33-14-30)15-38(45(22,42)43)12-21-17(2)6-7-20(35-21)23(29(4,5)28(40)41)19-8-9-39-25(18(19)3)36-37-26(39)24(31)32/h6-11,23-24,33H,12-15H2,1-5H3,(H,40,41)/t23-/m1/s1. The number of sulfonamides is 1. The maximum Gasteiger partial charge on any atom is 0.310 e. The third kappa shape index (κ3) is 5.12. The van der Waals surface area contributed by atoms with Crippen molar-refractivity contribution in [3.8, 4) is 5.88 Å². The smallest absolute Gasteiger partial charge is 0.310 e. The molecular formula is C30H33F2N7O5S. The van der Waals surface area contributed by atoms with E-state index in [1.165, 1.54) is 14.9 Å². The second-order valence-corrected chi connectivity index (χ2v) is 14.3. The van der Waals surface area contributed by atoms with Crippen LogP contribution in [0, 0.1) is 26.2 Å². The van der Waals surface area contributed by atoms with Gasteiger partial charge in [0.2, 0.25) is 21.7 Å². The lowest BCUT2D eigenvalue weighted by atomic mass is 9.72. The van der Waals surface area contributed by atoms with Crippen LogP contribution in [0.5, 0.6) is 5.88 Å². The number of aryl methyl sites for hydroxylation is 3. The van der Waals surface area contributed by atoms with Crippen LogP contribution in [0.1, 0.15) is 65.7 Å². The minimum absolute atomic E-state index is 0.0228. The van der Waals surface area contributed by atoms with E-state index in [1.807, 2.05) is 6.92 Å². The number of carbonyl (C=O) groups is 1. The van der Waals surface area contributed by atoms with Gasteiger partial charge < -0.3 is 15.2 Å². The summed E-state index contributed by atoms with van der Waals surface area (Å²) < 4.78 is 63.9. The summed E-state index contributed by atoms with van der Waals surface area (Å²) in [4.78, 5) is 21.8. The zero-order valence-electron chi connectivity index (χ0n) is 25.4. The molecule has 6 rings (SSSR count). The molecule has 2 aliphatic rings. The monoisotopic (exact) mass is 641 g/mol. The molecule has 4 aromatic heterocycles. The topological polar surface area (TPSA) is 152 Å². The Morgan fingerprint density at radius 2 is 1.91 bits per heavy atom. The van der Waals surface area contributed by atoms with E-state index in [9.17, 15) is 27.1 Å². The molecule has 0 radical (unpaired) electrons. The largest absolute Gasteiger partial charge is 0.481 e. The number of fused-ring (bicyclic) bond motifs is 2. The Balaban J connectivity index is 1.46. The van der Waals surface area contributed by atoms with Gasteiger partial charge in [-0.25, -0.2) is 22.2 Å². The molecule has 0 saturated carbocycles. The summed E-state index contributed by atoms with van der Waals surface area (Å²) in [6.07, 6.45) is 0.124. The summed E-state index contributed by atoms with van der Waals surface area (Å²) in [6.45, 7) is 9.21. The van der Waals surface area contributed by atoms with Crippen molar-refractivity contribution in [2.45, 2.75) is 64.0 Å². The average Bonchev–Trinajstić information content (AvgIpc) is 3.36. The van der Waals surface area contributed by atoms with Crippen molar-refractivity contribution in [2.75, 3.05) is 19.6 Å². The number of pyridine rings is 3.